The van der Waals surface area contributed by atoms with E-state index in [-0.39, 0.29) is 144 Å². The molecule has 2 rings (SSSR count). The Bertz CT molecular complexity index is 3320. The van der Waals surface area contributed by atoms with Crippen LogP contribution < -0.4 is 37.6 Å². The number of benzene rings is 1. The molecule has 0 spiro atoms. The van der Waals surface area contributed by atoms with Gasteiger partial charge in [0.1, 0.15) is 97.6 Å². The highest BCUT2D eigenvalue weighted by Crippen LogP contribution is 2.19. The number of nitrogens with two attached hydrogens (primary N) is 1. The van der Waals surface area contributed by atoms with Crippen molar-refractivity contribution in [2.75, 3.05) is 262 Å². The monoisotopic (exact) mass is 2030 g/mol. The normalized spacial score (nSPS) is 17.1. The Hall–Kier alpha value is -6.92. The van der Waals surface area contributed by atoms with Crippen molar-refractivity contribution >= 4 is 53.1 Å². The van der Waals surface area contributed by atoms with Crippen molar-refractivity contribution in [3.05, 3.63) is 42.0 Å². The Balaban J connectivity index is 1.68. The second-order valence-electron chi connectivity index (χ2n) is 33.1. The summed E-state index contributed by atoms with van der Waals surface area (Å²) in [6.07, 6.45) is -30.6. The van der Waals surface area contributed by atoms with E-state index >= 15 is 0 Å². The summed E-state index contributed by atoms with van der Waals surface area (Å²) in [7, 11) is 0. The van der Waals surface area contributed by atoms with Gasteiger partial charge in [-0.05, 0) is 55.4 Å². The van der Waals surface area contributed by atoms with E-state index in [1.54, 1.807) is 38.1 Å². The minimum atomic E-state index is -2.16. The number of hydrogen-bond acceptors (Lipinski definition) is 44. The molecular formula is C87H159N11O42. The number of primary amides is 1. The molecule has 0 radical (unpaired) electrons. The number of anilines is 1. The lowest BCUT2D eigenvalue weighted by atomic mass is 10.0. The zero-order chi connectivity index (χ0) is 104. The molecule has 0 fully saturated rings. The van der Waals surface area contributed by atoms with E-state index < -0.39 is 255 Å². The van der Waals surface area contributed by atoms with Crippen LogP contribution in [-0.2, 0) is 97.0 Å². The van der Waals surface area contributed by atoms with Crippen molar-refractivity contribution < 1.29 is 208 Å². The second-order valence-corrected chi connectivity index (χ2v) is 33.1. The molecule has 1 aromatic rings. The molecule has 53 nitrogen and oxygen atoms in total. The van der Waals surface area contributed by atoms with Crippen molar-refractivity contribution in [2.24, 2.45) is 11.7 Å². The molecule has 9 amide bonds. The SMILES string of the molecule is CC(C)[C@H](NC(=O)[C@H](CC(=O)NCCOCCOCCOCCOCCOCCOCCOCCOCCOCCOCCOCCOCCC(=O)N(CCN(C[C@H](O)[C@@H](O)[C@H](O)[C@H](O)CO)C[C@H](O)[C@@H](O)[C@H](O)[C@H](O)CO)CCN(C[C@H](O)[C@@H](O)[C@H](O)[C@H](O)CO)C[C@H](O)[C@@H](O)[C@H](O)[C@H](O)CO)NC(=O)CCCCCN1C(=O)C=CC1O)C(=O)N[C@@H](CCCNC(N)=O)C(=O)Nc1ccc(CO)cc1. The summed E-state index contributed by atoms with van der Waals surface area (Å²) in [4.78, 5) is 110. The van der Waals surface area contributed by atoms with E-state index in [2.05, 4.69) is 31.9 Å². The Morgan fingerprint density at radius 3 is 1.10 bits per heavy atom. The third kappa shape index (κ3) is 57.1. The second kappa shape index (κ2) is 78.5. The first-order chi connectivity index (χ1) is 67.0. The number of rotatable bonds is 90. The van der Waals surface area contributed by atoms with Crippen LogP contribution in [0.3, 0.4) is 0 Å². The van der Waals surface area contributed by atoms with Crippen LogP contribution in [0.15, 0.2) is 36.4 Å². The summed E-state index contributed by atoms with van der Waals surface area (Å²) in [6, 6.07) is 1.68. The summed E-state index contributed by atoms with van der Waals surface area (Å²) < 4.78 is 66.7. The molecule has 1 aliphatic heterocycles. The van der Waals surface area contributed by atoms with Gasteiger partial charge >= 0.3 is 6.03 Å². The van der Waals surface area contributed by atoms with E-state index in [0.717, 1.165) is 14.7 Å². The maximum absolute atomic E-state index is 14.1. The number of carbonyl (C=O) groups is 8. The number of carbonyl (C=O) groups excluding carboxylic acids is 8. The van der Waals surface area contributed by atoms with Gasteiger partial charge in [-0.25, -0.2) is 4.79 Å². The zero-order valence-electron chi connectivity index (χ0n) is 79.9. The minimum Gasteiger partial charge on any atom is -0.394 e. The Kier molecular flexibility index (Phi) is 72.4. The fraction of sp³-hybridized carbons (Fsp3) is 0.816. The Labute approximate surface area is 813 Å². The summed E-state index contributed by atoms with van der Waals surface area (Å²) in [5.74, 6) is -4.99. The van der Waals surface area contributed by atoms with Gasteiger partial charge in [0.2, 0.25) is 41.4 Å². The number of aliphatic hydroxyl groups is 22. The van der Waals surface area contributed by atoms with Crippen LogP contribution in [0.5, 0.6) is 0 Å². The lowest BCUT2D eigenvalue weighted by molar-refractivity contribution is -0.137. The number of amides is 9. The van der Waals surface area contributed by atoms with Gasteiger partial charge in [0.25, 0.3) is 0 Å². The number of nitrogens with zero attached hydrogens (tertiary/aromatic N) is 4. The molecule has 0 aromatic heterocycles. The molecule has 140 heavy (non-hydrogen) atoms. The average Bonchev–Trinajstić information content (AvgIpc) is 1.03. The van der Waals surface area contributed by atoms with Gasteiger partial charge in [0.05, 0.1) is 229 Å². The third-order valence-electron chi connectivity index (χ3n) is 21.5. The number of hydrogen-bond donors (Lipinski definition) is 29. The Morgan fingerprint density at radius 1 is 0.393 bits per heavy atom. The van der Waals surface area contributed by atoms with Crippen LogP contribution in [-0.4, -0.2) is 558 Å². The maximum atomic E-state index is 14.1. The van der Waals surface area contributed by atoms with Crippen LogP contribution in [0.2, 0.25) is 0 Å². The van der Waals surface area contributed by atoms with Crippen molar-refractivity contribution in [3.8, 4) is 0 Å². The van der Waals surface area contributed by atoms with E-state index in [1.165, 1.54) is 17.1 Å². The number of nitrogens with one attached hydrogen (secondary N) is 6. The molecule has 30 N–H and O–H groups in total. The van der Waals surface area contributed by atoms with Gasteiger partial charge in [-0.2, -0.15) is 0 Å². The first-order valence-corrected chi connectivity index (χ1v) is 46.8. The van der Waals surface area contributed by atoms with Crippen LogP contribution in [0.1, 0.15) is 70.8 Å². The van der Waals surface area contributed by atoms with Gasteiger partial charge < -0.3 is 217 Å². The van der Waals surface area contributed by atoms with Crippen molar-refractivity contribution in [2.45, 2.75) is 194 Å². The Morgan fingerprint density at radius 2 is 0.757 bits per heavy atom. The van der Waals surface area contributed by atoms with Gasteiger partial charge in [0, 0.05) is 90.2 Å². The maximum Gasteiger partial charge on any atom is 0.312 e. The third-order valence-corrected chi connectivity index (χ3v) is 21.5. The number of aliphatic hydroxyl groups excluding tert-OH is 22. The first-order valence-electron chi connectivity index (χ1n) is 46.8. The van der Waals surface area contributed by atoms with Crippen LogP contribution in [0, 0.1) is 5.92 Å². The van der Waals surface area contributed by atoms with Crippen LogP contribution in [0.4, 0.5) is 10.5 Å². The summed E-state index contributed by atoms with van der Waals surface area (Å²) in [6.45, 7) is 0.265. The van der Waals surface area contributed by atoms with Gasteiger partial charge in [-0.3, -0.25) is 43.4 Å². The van der Waals surface area contributed by atoms with E-state index in [0.29, 0.717) is 103 Å². The minimum absolute atomic E-state index is 0.0181. The van der Waals surface area contributed by atoms with Crippen LogP contribution in [0.25, 0.3) is 0 Å². The number of unbranched alkanes of at least 4 members (excludes halogenated alkanes) is 2. The molecule has 0 aliphatic carbocycles. The van der Waals surface area contributed by atoms with Crippen molar-refractivity contribution in [1.82, 2.24) is 46.2 Å². The van der Waals surface area contributed by atoms with E-state index in [1.807, 2.05) is 0 Å². The zero-order valence-corrected chi connectivity index (χ0v) is 79.9. The van der Waals surface area contributed by atoms with Crippen molar-refractivity contribution in [3.63, 3.8) is 0 Å². The summed E-state index contributed by atoms with van der Waals surface area (Å²) in [5, 5.41) is 240. The van der Waals surface area contributed by atoms with Gasteiger partial charge in [-0.15, -0.1) is 0 Å². The lowest BCUT2D eigenvalue weighted by Crippen LogP contribution is -2.58. The largest absolute Gasteiger partial charge is 0.394 e. The molecule has 1 aliphatic rings. The molecule has 1 unspecified atom stereocenters. The smallest absolute Gasteiger partial charge is 0.312 e. The quantitative estimate of drug-likeness (QED) is 0.0269. The molecule has 814 valence electrons. The molecule has 53 heteroatoms. The highest BCUT2D eigenvalue weighted by molar-refractivity contribution is 5.99. The molecule has 0 saturated heterocycles. The summed E-state index contributed by atoms with van der Waals surface area (Å²) >= 11 is 0. The number of urea groups is 1. The van der Waals surface area contributed by atoms with Gasteiger partial charge in [0.15, 0.2) is 0 Å². The predicted molar refractivity (Wildman–Crippen MR) is 490 cm³/mol. The van der Waals surface area contributed by atoms with Crippen LogP contribution >= 0.6 is 0 Å². The molecule has 1 heterocycles. The van der Waals surface area contributed by atoms with Crippen molar-refractivity contribution in [1.29, 1.82) is 0 Å². The lowest BCUT2D eigenvalue weighted by Gasteiger charge is -2.36. The summed E-state index contributed by atoms with van der Waals surface area (Å²) in [5.41, 5.74) is 6.18. The molecule has 20 atom stereocenters. The average molecular weight is 2030 g/mol. The highest BCUT2D eigenvalue weighted by atomic mass is 16.6. The topological polar surface area (TPSA) is 804 Å². The highest BCUT2D eigenvalue weighted by Gasteiger charge is 2.39. The first kappa shape index (κ1) is 129. The fourth-order valence-electron chi connectivity index (χ4n) is 13.2. The fourth-order valence-corrected chi connectivity index (χ4v) is 13.2. The molecule has 0 saturated carbocycles. The molecular weight excluding hydrogens is 1870 g/mol. The molecule has 1 aromatic carbocycles. The van der Waals surface area contributed by atoms with E-state index in [9.17, 15) is 151 Å². The number of ether oxygens (including phenoxy) is 12. The standard InChI is InChI=1S/C87H159N11O42/c1-57(2)75(86(127)93-60(7-6-16-90-87(88)128)84(125)91-59-11-9-58(52-99)10-12-59)94-85(126)61(92-70(112)8-4-3-5-18-98-73(115)13-14-74(98)116)47-71(113)89-17-24-130-26-28-132-30-32-134-34-36-136-38-40-138-42-44-140-46-45-139-43-41-137-39-37-135-35-33-133-31-29-131-27-25-129-23-15-72(114)97(21-19-95(48-62(104)76(117)80(121)66(108)53-100)49-63(105)77(118)81(122)67(109)54-101)22-20-96(50-64(106)78(119)82(123)68(110)55-102)51-65(107)79(120)83(124)69(111)56-103/h9-14,57,60-69,73,75-83,99-111,115,117-124H,3-8,15-56H2,1-2H3,(H,89,113)(H,91,125)(H,92,112)(H,93,127)(H,94,126)(H3,88,90,128)/t60-,61-,62-,63-,64-,65-,66+,67+,68+,69+,73?,75-,76+,77+,78+,79+,80+,81+,82+,83+/m0/s1. The van der Waals surface area contributed by atoms with E-state index in [4.69, 9.17) is 62.6 Å². The predicted octanol–water partition coefficient (Wildman–Crippen LogP) is -13.8. The molecule has 0 bridgehead atoms. The van der Waals surface area contributed by atoms with Gasteiger partial charge in [-0.1, -0.05) is 32.4 Å².